The van der Waals surface area contributed by atoms with E-state index in [1.807, 2.05) is 22.6 Å². The van der Waals surface area contributed by atoms with E-state index < -0.39 is 0 Å². The molecule has 1 heterocycles. The third-order valence-corrected chi connectivity index (χ3v) is 1.55. The van der Waals surface area contributed by atoms with Gasteiger partial charge in [0.1, 0.15) is 0 Å². The quantitative estimate of drug-likeness (QED) is 0.607. The maximum absolute atomic E-state index is 12.4. The van der Waals surface area contributed by atoms with Crippen molar-refractivity contribution < 1.29 is 4.39 Å². The Kier molecular flexibility index (Phi) is 1.50. The van der Waals surface area contributed by atoms with Gasteiger partial charge in [0.15, 0.2) is 3.70 Å². The zero-order chi connectivity index (χ0) is 6.15. The first-order valence-electron chi connectivity index (χ1n) is 2.04. The molecular formula is C4H4FIN2. The Morgan fingerprint density at radius 1 is 1.88 bits per heavy atom. The summed E-state index contributed by atoms with van der Waals surface area (Å²) in [5, 5.41) is 0. The molecule has 0 unspecified atom stereocenters. The highest BCUT2D eigenvalue weighted by atomic mass is 127. The molecule has 44 valence electrons. The monoisotopic (exact) mass is 226 g/mol. The van der Waals surface area contributed by atoms with E-state index in [0.717, 1.165) is 0 Å². The summed E-state index contributed by atoms with van der Waals surface area (Å²) < 4.78 is 14.1. The van der Waals surface area contributed by atoms with Crippen molar-refractivity contribution >= 4 is 22.6 Å². The largest absolute Gasteiger partial charge is 0.310 e. The van der Waals surface area contributed by atoms with Crippen molar-refractivity contribution in [1.82, 2.24) is 9.55 Å². The number of aromatic nitrogens is 2. The predicted octanol–water partition coefficient (Wildman–Crippen LogP) is 1.16. The van der Waals surface area contributed by atoms with Gasteiger partial charge in [-0.15, -0.1) is 0 Å². The van der Waals surface area contributed by atoms with Gasteiger partial charge in [-0.1, -0.05) is 0 Å². The summed E-state index contributed by atoms with van der Waals surface area (Å²) in [6.45, 7) is 0. The Hall–Kier alpha value is -0.130. The summed E-state index contributed by atoms with van der Waals surface area (Å²) in [5.41, 5.74) is 0. The molecule has 0 spiro atoms. The van der Waals surface area contributed by atoms with Gasteiger partial charge in [-0.05, 0) is 22.6 Å². The fraction of sp³-hybridized carbons (Fsp3) is 0.250. The molecule has 2 nitrogen and oxygen atoms in total. The molecule has 0 bridgehead atoms. The van der Waals surface area contributed by atoms with Gasteiger partial charge in [-0.25, -0.2) is 4.98 Å². The lowest BCUT2D eigenvalue weighted by Crippen LogP contribution is -1.88. The minimum atomic E-state index is -0.273. The van der Waals surface area contributed by atoms with E-state index in [-0.39, 0.29) is 5.95 Å². The van der Waals surface area contributed by atoms with Crippen molar-refractivity contribution in [3.63, 3.8) is 0 Å². The maximum atomic E-state index is 12.4. The second-order valence-corrected chi connectivity index (χ2v) is 2.46. The van der Waals surface area contributed by atoms with E-state index in [2.05, 4.69) is 4.98 Å². The number of rotatable bonds is 0. The van der Waals surface area contributed by atoms with Crippen molar-refractivity contribution in [2.45, 2.75) is 0 Å². The fourth-order valence-electron chi connectivity index (χ4n) is 0.387. The van der Waals surface area contributed by atoms with Gasteiger partial charge < -0.3 is 4.57 Å². The number of halogens is 2. The molecular weight excluding hydrogens is 222 g/mol. The normalized spacial score (nSPS) is 9.88. The third-order valence-electron chi connectivity index (χ3n) is 0.824. The van der Waals surface area contributed by atoms with Gasteiger partial charge in [0.2, 0.25) is 5.95 Å². The van der Waals surface area contributed by atoms with Crippen LogP contribution in [-0.4, -0.2) is 9.55 Å². The van der Waals surface area contributed by atoms with Crippen LogP contribution in [0.15, 0.2) is 6.33 Å². The average molecular weight is 226 g/mol. The Balaban J connectivity index is 3.19. The van der Waals surface area contributed by atoms with E-state index >= 15 is 0 Å². The van der Waals surface area contributed by atoms with Crippen LogP contribution < -0.4 is 0 Å². The van der Waals surface area contributed by atoms with Gasteiger partial charge in [0, 0.05) is 7.05 Å². The topological polar surface area (TPSA) is 17.8 Å². The molecule has 1 aromatic rings. The average Bonchev–Trinajstić information content (AvgIpc) is 1.98. The molecule has 0 aromatic carbocycles. The van der Waals surface area contributed by atoms with Gasteiger partial charge in [0.25, 0.3) is 0 Å². The number of hydrogen-bond donors (Lipinski definition) is 0. The zero-order valence-electron chi connectivity index (χ0n) is 4.23. The van der Waals surface area contributed by atoms with E-state index in [4.69, 9.17) is 0 Å². The zero-order valence-corrected chi connectivity index (χ0v) is 6.39. The first-order valence-corrected chi connectivity index (χ1v) is 3.12. The Bertz CT molecular complexity index is 176. The van der Waals surface area contributed by atoms with Crippen LogP contribution in [0.4, 0.5) is 4.39 Å². The summed E-state index contributed by atoms with van der Waals surface area (Å²) >= 11 is 1.84. The molecule has 0 atom stereocenters. The van der Waals surface area contributed by atoms with E-state index in [1.165, 1.54) is 10.9 Å². The molecule has 4 heteroatoms. The standard InChI is InChI=1S/C4H4FIN2/c1-8-2-7-4(6)3(8)5/h2H,1H3. The number of hydrogen-bond acceptors (Lipinski definition) is 1. The van der Waals surface area contributed by atoms with Crippen molar-refractivity contribution in [2.24, 2.45) is 7.05 Å². The predicted molar refractivity (Wildman–Crippen MR) is 35.9 cm³/mol. The summed E-state index contributed by atoms with van der Waals surface area (Å²) in [5.74, 6) is -0.273. The van der Waals surface area contributed by atoms with Crippen LogP contribution >= 0.6 is 22.6 Å². The second-order valence-electron chi connectivity index (χ2n) is 1.44. The smallest absolute Gasteiger partial charge is 0.226 e. The molecule has 0 fully saturated rings. The maximum Gasteiger partial charge on any atom is 0.226 e. The van der Waals surface area contributed by atoms with Gasteiger partial charge in [-0.3, -0.25) is 0 Å². The van der Waals surface area contributed by atoms with E-state index in [0.29, 0.717) is 3.70 Å². The third kappa shape index (κ3) is 0.841. The Morgan fingerprint density at radius 3 is 2.62 bits per heavy atom. The SMILES string of the molecule is Cn1cnc(I)c1F. The summed E-state index contributed by atoms with van der Waals surface area (Å²) in [6.07, 6.45) is 1.44. The van der Waals surface area contributed by atoms with Crippen LogP contribution in [0.3, 0.4) is 0 Å². The summed E-state index contributed by atoms with van der Waals surface area (Å²) in [4.78, 5) is 3.69. The molecule has 0 radical (unpaired) electrons. The molecule has 1 aromatic heterocycles. The van der Waals surface area contributed by atoms with Crippen molar-refractivity contribution in [2.75, 3.05) is 0 Å². The van der Waals surface area contributed by atoms with Crippen LogP contribution in [-0.2, 0) is 7.05 Å². The van der Waals surface area contributed by atoms with Gasteiger partial charge in [0.05, 0.1) is 6.33 Å². The van der Waals surface area contributed by atoms with Gasteiger partial charge >= 0.3 is 0 Å². The molecule has 0 saturated carbocycles. The number of imidazole rings is 1. The first-order chi connectivity index (χ1) is 3.72. The Labute approximate surface area is 59.9 Å². The van der Waals surface area contributed by atoms with Crippen LogP contribution in [0.1, 0.15) is 0 Å². The molecule has 0 saturated heterocycles. The minimum absolute atomic E-state index is 0.273. The van der Waals surface area contributed by atoms with Gasteiger partial charge in [-0.2, -0.15) is 4.39 Å². The molecule has 8 heavy (non-hydrogen) atoms. The highest BCUT2D eigenvalue weighted by Crippen LogP contribution is 2.04. The van der Waals surface area contributed by atoms with E-state index in [9.17, 15) is 4.39 Å². The first kappa shape index (κ1) is 6.00. The molecule has 1 rings (SSSR count). The molecule has 0 amide bonds. The lowest BCUT2D eigenvalue weighted by atomic mass is 10.9. The molecule has 0 aliphatic heterocycles. The molecule has 0 N–H and O–H groups in total. The number of nitrogens with zero attached hydrogens (tertiary/aromatic N) is 2. The lowest BCUT2D eigenvalue weighted by Gasteiger charge is -1.85. The second kappa shape index (κ2) is 2.00. The Morgan fingerprint density at radius 2 is 2.50 bits per heavy atom. The molecule has 0 aliphatic carbocycles. The minimum Gasteiger partial charge on any atom is -0.310 e. The highest BCUT2D eigenvalue weighted by molar-refractivity contribution is 14.1. The molecule has 0 aliphatic rings. The van der Waals surface area contributed by atoms with Crippen LogP contribution in [0, 0.1) is 9.65 Å². The van der Waals surface area contributed by atoms with E-state index in [1.54, 1.807) is 7.05 Å². The van der Waals surface area contributed by atoms with Crippen molar-refractivity contribution in [1.29, 1.82) is 0 Å². The fourth-order valence-corrected chi connectivity index (χ4v) is 0.892. The van der Waals surface area contributed by atoms with Crippen LogP contribution in [0.25, 0.3) is 0 Å². The number of aryl methyl sites for hydroxylation is 1. The van der Waals surface area contributed by atoms with Crippen LogP contribution in [0.2, 0.25) is 0 Å². The van der Waals surface area contributed by atoms with Crippen molar-refractivity contribution in [3.8, 4) is 0 Å². The van der Waals surface area contributed by atoms with Crippen molar-refractivity contribution in [3.05, 3.63) is 16.0 Å². The highest BCUT2D eigenvalue weighted by Gasteiger charge is 2.01. The summed E-state index contributed by atoms with van der Waals surface area (Å²) in [7, 11) is 1.62. The lowest BCUT2D eigenvalue weighted by molar-refractivity contribution is 0.529. The van der Waals surface area contributed by atoms with Crippen LogP contribution in [0.5, 0.6) is 0 Å². The summed E-state index contributed by atoms with van der Waals surface area (Å²) in [6, 6.07) is 0.